The Morgan fingerprint density at radius 1 is 1.43 bits per heavy atom. The number of benzene rings is 1. The molecule has 1 aromatic rings. The summed E-state index contributed by atoms with van der Waals surface area (Å²) in [7, 11) is 0. The summed E-state index contributed by atoms with van der Waals surface area (Å²) < 4.78 is 13.4. The molecule has 1 unspecified atom stereocenters. The molecule has 0 spiro atoms. The van der Waals surface area contributed by atoms with Crippen molar-refractivity contribution in [3.8, 4) is 6.07 Å². The van der Waals surface area contributed by atoms with Crippen molar-refractivity contribution in [3.63, 3.8) is 0 Å². The Balaban J connectivity index is 2.19. The standard InChI is InChI=1S/C17H24FN3/c1-3-10-20-17(12-19,14-8-9-14)13-21(4-2)16-7-5-6-15(18)11-16/h5-7,11,14,20H,3-4,8-10,13H2,1-2H3. The minimum atomic E-state index is -0.516. The first-order valence-corrected chi connectivity index (χ1v) is 7.82. The number of nitrogens with zero attached hydrogens (tertiary/aromatic N) is 2. The summed E-state index contributed by atoms with van der Waals surface area (Å²) in [6.07, 6.45) is 3.21. The third-order valence-electron chi connectivity index (χ3n) is 4.16. The van der Waals surface area contributed by atoms with E-state index in [1.54, 1.807) is 12.1 Å². The Bertz CT molecular complexity index is 507. The van der Waals surface area contributed by atoms with Crippen LogP contribution in [0.15, 0.2) is 24.3 Å². The zero-order valence-corrected chi connectivity index (χ0v) is 12.9. The fraction of sp³-hybridized carbons (Fsp3) is 0.588. The maximum atomic E-state index is 13.4. The molecule has 3 nitrogen and oxygen atoms in total. The van der Waals surface area contributed by atoms with Crippen LogP contribution in [0.25, 0.3) is 0 Å². The predicted molar refractivity (Wildman–Crippen MR) is 83.6 cm³/mol. The van der Waals surface area contributed by atoms with E-state index in [0.29, 0.717) is 12.5 Å². The van der Waals surface area contributed by atoms with E-state index >= 15 is 0 Å². The molecule has 0 amide bonds. The van der Waals surface area contributed by atoms with Gasteiger partial charge in [0.2, 0.25) is 0 Å². The van der Waals surface area contributed by atoms with Crippen molar-refractivity contribution in [2.24, 2.45) is 5.92 Å². The first kappa shape index (κ1) is 15.8. The van der Waals surface area contributed by atoms with Crippen LogP contribution < -0.4 is 10.2 Å². The van der Waals surface area contributed by atoms with Crippen LogP contribution in [0.5, 0.6) is 0 Å². The van der Waals surface area contributed by atoms with Crippen molar-refractivity contribution in [1.29, 1.82) is 5.26 Å². The molecule has 1 N–H and O–H groups in total. The number of halogens is 1. The number of hydrogen-bond acceptors (Lipinski definition) is 3. The Kier molecular flexibility index (Phi) is 5.19. The van der Waals surface area contributed by atoms with E-state index in [9.17, 15) is 9.65 Å². The van der Waals surface area contributed by atoms with Crippen LogP contribution in [-0.4, -0.2) is 25.2 Å². The van der Waals surface area contributed by atoms with Gasteiger partial charge in [0.05, 0.1) is 6.07 Å². The Hall–Kier alpha value is -1.60. The van der Waals surface area contributed by atoms with E-state index in [1.807, 2.05) is 13.0 Å². The van der Waals surface area contributed by atoms with Gasteiger partial charge >= 0.3 is 0 Å². The largest absolute Gasteiger partial charge is 0.369 e. The molecule has 0 heterocycles. The van der Waals surface area contributed by atoms with Crippen LogP contribution in [0.1, 0.15) is 33.1 Å². The van der Waals surface area contributed by atoms with Gasteiger partial charge in [0.25, 0.3) is 0 Å². The number of anilines is 1. The summed E-state index contributed by atoms with van der Waals surface area (Å²) >= 11 is 0. The fourth-order valence-electron chi connectivity index (χ4n) is 2.78. The molecule has 1 aliphatic carbocycles. The Morgan fingerprint density at radius 2 is 2.19 bits per heavy atom. The summed E-state index contributed by atoms with van der Waals surface area (Å²) in [6.45, 7) is 6.35. The molecule has 1 saturated carbocycles. The lowest BCUT2D eigenvalue weighted by molar-refractivity contribution is 0.365. The predicted octanol–water partition coefficient (Wildman–Crippen LogP) is 3.32. The maximum absolute atomic E-state index is 13.4. The third-order valence-corrected chi connectivity index (χ3v) is 4.16. The summed E-state index contributed by atoms with van der Waals surface area (Å²) in [4.78, 5) is 2.09. The molecule has 1 aliphatic rings. The summed E-state index contributed by atoms with van der Waals surface area (Å²) in [6, 6.07) is 9.13. The van der Waals surface area contributed by atoms with E-state index in [1.165, 1.54) is 6.07 Å². The highest BCUT2D eigenvalue weighted by Crippen LogP contribution is 2.40. The smallest absolute Gasteiger partial charge is 0.127 e. The van der Waals surface area contributed by atoms with Crippen molar-refractivity contribution < 1.29 is 4.39 Å². The van der Waals surface area contributed by atoms with Gasteiger partial charge in [-0.15, -0.1) is 0 Å². The van der Waals surface area contributed by atoms with Gasteiger partial charge < -0.3 is 4.90 Å². The number of nitriles is 1. The van der Waals surface area contributed by atoms with Gasteiger partial charge in [-0.25, -0.2) is 4.39 Å². The highest BCUT2D eigenvalue weighted by atomic mass is 19.1. The highest BCUT2D eigenvalue weighted by Gasteiger charge is 2.46. The summed E-state index contributed by atoms with van der Waals surface area (Å²) in [5.41, 5.74) is 0.328. The Morgan fingerprint density at radius 3 is 2.71 bits per heavy atom. The molecule has 2 rings (SSSR count). The first-order valence-electron chi connectivity index (χ1n) is 7.82. The molecule has 114 valence electrons. The minimum absolute atomic E-state index is 0.235. The SMILES string of the molecule is CCCNC(C#N)(CN(CC)c1cccc(F)c1)C1CC1. The molecule has 21 heavy (non-hydrogen) atoms. The van der Waals surface area contributed by atoms with Gasteiger partial charge in [0.1, 0.15) is 11.4 Å². The van der Waals surface area contributed by atoms with Crippen LogP contribution in [0.3, 0.4) is 0 Å². The van der Waals surface area contributed by atoms with Gasteiger partial charge in [0, 0.05) is 18.8 Å². The van der Waals surface area contributed by atoms with Crippen molar-refractivity contribution in [2.45, 2.75) is 38.6 Å². The highest BCUT2D eigenvalue weighted by molar-refractivity contribution is 5.47. The lowest BCUT2D eigenvalue weighted by atomic mass is 9.93. The van der Waals surface area contributed by atoms with E-state index < -0.39 is 5.54 Å². The average Bonchev–Trinajstić information content (AvgIpc) is 3.33. The molecule has 1 atom stereocenters. The zero-order chi connectivity index (χ0) is 15.3. The van der Waals surface area contributed by atoms with Crippen molar-refractivity contribution in [1.82, 2.24) is 5.32 Å². The summed E-state index contributed by atoms with van der Waals surface area (Å²) in [5, 5.41) is 13.2. The molecular weight excluding hydrogens is 265 g/mol. The van der Waals surface area contributed by atoms with Gasteiger partial charge in [0.15, 0.2) is 0 Å². The monoisotopic (exact) mass is 289 g/mol. The second-order valence-electron chi connectivity index (χ2n) is 5.78. The number of likely N-dealkylation sites (N-methyl/N-ethyl adjacent to an activating group) is 1. The molecule has 0 saturated heterocycles. The second-order valence-corrected chi connectivity index (χ2v) is 5.78. The minimum Gasteiger partial charge on any atom is -0.369 e. The molecular formula is C17H24FN3. The van der Waals surface area contributed by atoms with Crippen molar-refractivity contribution in [2.75, 3.05) is 24.5 Å². The topological polar surface area (TPSA) is 39.1 Å². The van der Waals surface area contributed by atoms with Crippen LogP contribution in [-0.2, 0) is 0 Å². The third kappa shape index (κ3) is 3.74. The van der Waals surface area contributed by atoms with Crippen LogP contribution in [0.4, 0.5) is 10.1 Å². The lowest BCUT2D eigenvalue weighted by Crippen LogP contribution is -2.54. The van der Waals surface area contributed by atoms with Crippen molar-refractivity contribution in [3.05, 3.63) is 30.1 Å². The molecule has 0 aliphatic heterocycles. The molecule has 0 bridgehead atoms. The molecule has 0 aromatic heterocycles. The fourth-order valence-corrected chi connectivity index (χ4v) is 2.78. The number of nitrogens with one attached hydrogen (secondary N) is 1. The van der Waals surface area contributed by atoms with E-state index in [-0.39, 0.29) is 5.82 Å². The maximum Gasteiger partial charge on any atom is 0.127 e. The Labute approximate surface area is 126 Å². The molecule has 1 fully saturated rings. The normalized spacial score (nSPS) is 17.0. The second kappa shape index (κ2) is 6.91. The molecule has 1 aromatic carbocycles. The van der Waals surface area contributed by atoms with E-state index in [0.717, 1.165) is 38.0 Å². The van der Waals surface area contributed by atoms with Crippen LogP contribution >= 0.6 is 0 Å². The van der Waals surface area contributed by atoms with Gasteiger partial charge in [-0.05, 0) is 56.8 Å². The lowest BCUT2D eigenvalue weighted by Gasteiger charge is -2.35. The van der Waals surface area contributed by atoms with E-state index in [2.05, 4.69) is 23.2 Å². The summed E-state index contributed by atoms with van der Waals surface area (Å²) in [5.74, 6) is 0.179. The van der Waals surface area contributed by atoms with E-state index in [4.69, 9.17) is 0 Å². The van der Waals surface area contributed by atoms with Gasteiger partial charge in [-0.1, -0.05) is 13.0 Å². The average molecular weight is 289 g/mol. The van der Waals surface area contributed by atoms with Crippen LogP contribution in [0.2, 0.25) is 0 Å². The molecule has 4 heteroatoms. The van der Waals surface area contributed by atoms with Gasteiger partial charge in [-0.2, -0.15) is 5.26 Å². The zero-order valence-electron chi connectivity index (χ0n) is 12.9. The van der Waals surface area contributed by atoms with Crippen LogP contribution in [0, 0.1) is 23.1 Å². The first-order chi connectivity index (χ1) is 10.1. The molecule has 0 radical (unpaired) electrons. The number of hydrogen-bond donors (Lipinski definition) is 1. The van der Waals surface area contributed by atoms with Gasteiger partial charge in [-0.3, -0.25) is 5.32 Å². The number of rotatable bonds is 8. The van der Waals surface area contributed by atoms with Crippen molar-refractivity contribution >= 4 is 5.69 Å². The quantitative estimate of drug-likeness (QED) is 0.798.